The molecule has 2 saturated heterocycles. The van der Waals surface area contributed by atoms with Gasteiger partial charge in [-0.05, 0) is 0 Å². The molecule has 2 aliphatic heterocycles. The molecule has 0 bridgehead atoms. The molecule has 0 aliphatic carbocycles. The van der Waals surface area contributed by atoms with Gasteiger partial charge in [0, 0.05) is 6.54 Å². The van der Waals surface area contributed by atoms with E-state index < -0.39 is 6.03 Å². The lowest BCUT2D eigenvalue weighted by molar-refractivity contribution is -0.000687. The molecule has 0 aromatic heterocycles. The summed E-state index contributed by atoms with van der Waals surface area (Å²) in [6, 6.07) is -0.793. The molecule has 1 atom stereocenters. The van der Waals surface area contributed by atoms with E-state index in [0.29, 0.717) is 19.8 Å². The number of nitrogens with zero attached hydrogens (tertiary/aromatic N) is 1. The molecular weight excluding hydrogens is 162 g/mol. The summed E-state index contributed by atoms with van der Waals surface area (Å²) >= 11 is 0. The first kappa shape index (κ1) is 7.35. The zero-order valence-corrected chi connectivity index (χ0v) is 6.37. The van der Waals surface area contributed by atoms with Gasteiger partial charge in [-0.3, -0.25) is 10.2 Å². The Labute approximate surface area is 68.8 Å². The molecule has 66 valence electrons. The number of fused-ring (bicyclic) bond motifs is 1. The lowest BCUT2D eigenvalue weighted by Gasteiger charge is -2.38. The van der Waals surface area contributed by atoms with E-state index in [0.717, 1.165) is 0 Å². The van der Waals surface area contributed by atoms with Gasteiger partial charge >= 0.3 is 12.1 Å². The van der Waals surface area contributed by atoms with Crippen molar-refractivity contribution in [2.45, 2.75) is 6.17 Å². The molecule has 0 saturated carbocycles. The average Bonchev–Trinajstić information content (AvgIpc) is 2.04. The van der Waals surface area contributed by atoms with Crippen LogP contribution in [0.1, 0.15) is 0 Å². The van der Waals surface area contributed by atoms with Crippen LogP contribution in [0.3, 0.4) is 0 Å². The third-order valence-electron chi connectivity index (χ3n) is 1.91. The smallest absolute Gasteiger partial charge is 0.327 e. The highest BCUT2D eigenvalue weighted by molar-refractivity contribution is 5.95. The predicted octanol–water partition coefficient (Wildman–Crippen LogP) is -0.923. The van der Waals surface area contributed by atoms with E-state index in [2.05, 4.69) is 10.6 Å². The van der Waals surface area contributed by atoms with Crippen molar-refractivity contribution in [3.8, 4) is 0 Å². The van der Waals surface area contributed by atoms with Crippen LogP contribution in [0.4, 0.5) is 9.59 Å². The van der Waals surface area contributed by atoms with E-state index in [4.69, 9.17) is 4.74 Å². The van der Waals surface area contributed by atoms with Gasteiger partial charge in [0.25, 0.3) is 0 Å². The molecule has 0 aromatic rings. The van der Waals surface area contributed by atoms with Crippen LogP contribution in [0.25, 0.3) is 0 Å². The summed E-state index contributed by atoms with van der Waals surface area (Å²) in [6.45, 7) is 1.43. The largest absolute Gasteiger partial charge is 0.376 e. The molecule has 2 fully saturated rings. The fourth-order valence-electron chi connectivity index (χ4n) is 1.32. The van der Waals surface area contributed by atoms with Crippen molar-refractivity contribution in [1.29, 1.82) is 0 Å². The normalized spacial score (nSPS) is 29.0. The van der Waals surface area contributed by atoms with Gasteiger partial charge in [-0.25, -0.2) is 9.59 Å². The van der Waals surface area contributed by atoms with Crippen LogP contribution in [0.15, 0.2) is 0 Å². The molecule has 2 heterocycles. The first-order valence-electron chi connectivity index (χ1n) is 3.73. The van der Waals surface area contributed by atoms with Crippen molar-refractivity contribution in [2.75, 3.05) is 19.8 Å². The number of imide groups is 1. The van der Waals surface area contributed by atoms with Crippen LogP contribution < -0.4 is 10.6 Å². The maximum atomic E-state index is 11.1. The highest BCUT2D eigenvalue weighted by Gasteiger charge is 2.33. The molecule has 6 nitrogen and oxygen atoms in total. The van der Waals surface area contributed by atoms with Gasteiger partial charge in [0.15, 0.2) is 0 Å². The van der Waals surface area contributed by atoms with E-state index in [1.54, 1.807) is 4.90 Å². The van der Waals surface area contributed by atoms with Gasteiger partial charge in [0.1, 0.15) is 6.17 Å². The highest BCUT2D eigenvalue weighted by atomic mass is 16.5. The zero-order valence-electron chi connectivity index (χ0n) is 6.37. The molecule has 4 amide bonds. The lowest BCUT2D eigenvalue weighted by Crippen LogP contribution is -2.67. The molecule has 12 heavy (non-hydrogen) atoms. The number of urea groups is 2. The lowest BCUT2D eigenvalue weighted by atomic mass is 10.3. The van der Waals surface area contributed by atoms with Crippen LogP contribution >= 0.6 is 0 Å². The molecule has 2 N–H and O–H groups in total. The predicted molar refractivity (Wildman–Crippen MR) is 38.4 cm³/mol. The van der Waals surface area contributed by atoms with Gasteiger partial charge in [-0.15, -0.1) is 0 Å². The number of amides is 4. The van der Waals surface area contributed by atoms with Gasteiger partial charge in [0.05, 0.1) is 13.2 Å². The molecule has 0 spiro atoms. The van der Waals surface area contributed by atoms with Gasteiger partial charge < -0.3 is 10.1 Å². The zero-order chi connectivity index (χ0) is 8.55. The Bertz CT molecular complexity index is 230. The van der Waals surface area contributed by atoms with E-state index in [-0.39, 0.29) is 12.2 Å². The number of nitrogens with one attached hydrogen (secondary N) is 2. The summed E-state index contributed by atoms with van der Waals surface area (Å²) in [5, 5.41) is 4.74. The second-order valence-corrected chi connectivity index (χ2v) is 2.69. The maximum Gasteiger partial charge on any atom is 0.327 e. The highest BCUT2D eigenvalue weighted by Crippen LogP contribution is 2.07. The van der Waals surface area contributed by atoms with Crippen LogP contribution in [0, 0.1) is 0 Å². The van der Waals surface area contributed by atoms with Crippen molar-refractivity contribution in [1.82, 2.24) is 15.5 Å². The molecule has 2 aliphatic rings. The first-order valence-corrected chi connectivity index (χ1v) is 3.73. The number of carbonyl (C=O) groups is 2. The number of carbonyl (C=O) groups excluding carboxylic acids is 2. The van der Waals surface area contributed by atoms with Crippen LogP contribution in [-0.2, 0) is 4.74 Å². The minimum Gasteiger partial charge on any atom is -0.376 e. The molecule has 1 unspecified atom stereocenters. The van der Waals surface area contributed by atoms with Gasteiger partial charge in [-0.2, -0.15) is 0 Å². The second-order valence-electron chi connectivity index (χ2n) is 2.69. The van der Waals surface area contributed by atoms with Crippen molar-refractivity contribution in [3.05, 3.63) is 0 Å². The van der Waals surface area contributed by atoms with E-state index >= 15 is 0 Å². The molecule has 0 aromatic carbocycles. The van der Waals surface area contributed by atoms with E-state index in [1.165, 1.54) is 0 Å². The fourth-order valence-corrected chi connectivity index (χ4v) is 1.32. The Morgan fingerprint density at radius 3 is 3.17 bits per heavy atom. The third kappa shape index (κ3) is 1.10. The molecular formula is C6H9N3O3. The summed E-state index contributed by atoms with van der Waals surface area (Å²) in [5.74, 6) is 0. The van der Waals surface area contributed by atoms with Crippen molar-refractivity contribution in [2.24, 2.45) is 0 Å². The quantitative estimate of drug-likeness (QED) is 0.495. The Morgan fingerprint density at radius 1 is 1.50 bits per heavy atom. The van der Waals surface area contributed by atoms with Crippen molar-refractivity contribution >= 4 is 12.1 Å². The molecule has 2 rings (SSSR count). The van der Waals surface area contributed by atoms with Gasteiger partial charge in [0.2, 0.25) is 0 Å². The van der Waals surface area contributed by atoms with Crippen molar-refractivity contribution in [3.63, 3.8) is 0 Å². The monoisotopic (exact) mass is 171 g/mol. The SMILES string of the molecule is O=C1NC(=O)N2CCOCC2N1. The maximum absolute atomic E-state index is 11.1. The minimum absolute atomic E-state index is 0.292. The summed E-state index contributed by atoms with van der Waals surface area (Å²) < 4.78 is 5.10. The van der Waals surface area contributed by atoms with E-state index in [9.17, 15) is 9.59 Å². The number of hydrogen-bond acceptors (Lipinski definition) is 3. The number of hydrogen-bond donors (Lipinski definition) is 2. The second kappa shape index (κ2) is 2.63. The molecule has 6 heteroatoms. The summed E-state index contributed by atoms with van der Waals surface area (Å²) in [6.07, 6.45) is -0.292. The Morgan fingerprint density at radius 2 is 2.33 bits per heavy atom. The Balaban J connectivity index is 2.11. The van der Waals surface area contributed by atoms with Crippen molar-refractivity contribution < 1.29 is 14.3 Å². The Hall–Kier alpha value is -1.30. The van der Waals surface area contributed by atoms with Crippen LogP contribution in [0.2, 0.25) is 0 Å². The summed E-state index contributed by atoms with van der Waals surface area (Å²) in [5.41, 5.74) is 0. The third-order valence-corrected chi connectivity index (χ3v) is 1.91. The summed E-state index contributed by atoms with van der Waals surface area (Å²) in [4.78, 5) is 23.5. The number of morpholine rings is 1. The fraction of sp³-hybridized carbons (Fsp3) is 0.667. The number of rotatable bonds is 0. The average molecular weight is 171 g/mol. The molecule has 0 radical (unpaired) electrons. The summed E-state index contributed by atoms with van der Waals surface area (Å²) in [7, 11) is 0. The Kier molecular flexibility index (Phi) is 1.61. The minimum atomic E-state index is -0.452. The number of ether oxygens (including phenoxy) is 1. The van der Waals surface area contributed by atoms with Crippen LogP contribution in [0.5, 0.6) is 0 Å². The topological polar surface area (TPSA) is 70.7 Å². The van der Waals surface area contributed by atoms with E-state index in [1.807, 2.05) is 0 Å². The van der Waals surface area contributed by atoms with Crippen LogP contribution in [-0.4, -0.2) is 42.9 Å². The van der Waals surface area contributed by atoms with Gasteiger partial charge in [-0.1, -0.05) is 0 Å². The standard InChI is InChI=1S/C6H9N3O3/c10-5-7-4-3-12-2-1-9(4)6(11)8-5/h4H,1-3H2,(H2,7,8,10,11). The first-order chi connectivity index (χ1) is 5.77.